The van der Waals surface area contributed by atoms with Gasteiger partial charge in [0.25, 0.3) is 11.8 Å². The van der Waals surface area contributed by atoms with Crippen LogP contribution in [0.3, 0.4) is 0 Å². The number of aromatic nitrogens is 2. The van der Waals surface area contributed by atoms with Crippen molar-refractivity contribution in [3.8, 4) is 11.3 Å². The number of hydrogen-bond acceptors (Lipinski definition) is 4. The van der Waals surface area contributed by atoms with Crippen molar-refractivity contribution in [2.24, 2.45) is 0 Å². The number of nitrogens with zero attached hydrogens (tertiary/aromatic N) is 2. The molecule has 36 heavy (non-hydrogen) atoms. The van der Waals surface area contributed by atoms with Gasteiger partial charge in [-0.3, -0.25) is 9.59 Å². The highest BCUT2D eigenvalue weighted by molar-refractivity contribution is 14.1. The number of rotatable bonds is 8. The molecule has 0 saturated heterocycles. The standard InChI is InChI=1S/C28H25IN4O3/c29-26-24(31-23(32-26)14-7-15-34)19-11-6-12-21(16-19)30-27(35)25(18-8-2-1-3-9-18)33-17-20-10-4-5-13-22(20)28(33)36/h1-6,8-13,16,25,34H,7,14-15,17H2,(H,30,35)(H,31,32). The molecule has 0 fully saturated rings. The van der Waals surface area contributed by atoms with Crippen molar-refractivity contribution in [2.75, 3.05) is 11.9 Å². The Labute approximate surface area is 222 Å². The predicted octanol–water partition coefficient (Wildman–Crippen LogP) is 4.94. The van der Waals surface area contributed by atoms with E-state index in [9.17, 15) is 9.59 Å². The highest BCUT2D eigenvalue weighted by atomic mass is 127. The van der Waals surface area contributed by atoms with E-state index in [1.54, 1.807) is 11.0 Å². The van der Waals surface area contributed by atoms with Crippen molar-refractivity contribution < 1.29 is 14.7 Å². The van der Waals surface area contributed by atoms with E-state index >= 15 is 0 Å². The van der Waals surface area contributed by atoms with Crippen LogP contribution in [0.1, 0.15) is 39.8 Å². The van der Waals surface area contributed by atoms with E-state index in [0.29, 0.717) is 30.6 Å². The number of halogens is 1. The zero-order valence-corrected chi connectivity index (χ0v) is 21.6. The third kappa shape index (κ3) is 4.91. The summed E-state index contributed by atoms with van der Waals surface area (Å²) in [4.78, 5) is 36.5. The van der Waals surface area contributed by atoms with E-state index in [1.165, 1.54) is 0 Å². The molecule has 1 atom stereocenters. The molecule has 1 aliphatic heterocycles. The van der Waals surface area contributed by atoms with Crippen molar-refractivity contribution >= 4 is 40.1 Å². The fraction of sp³-hybridized carbons (Fsp3) is 0.179. The fourth-order valence-electron chi connectivity index (χ4n) is 4.50. The van der Waals surface area contributed by atoms with Crippen LogP contribution < -0.4 is 5.32 Å². The monoisotopic (exact) mass is 592 g/mol. The number of H-pyrrole nitrogens is 1. The number of carbonyl (C=O) groups is 2. The summed E-state index contributed by atoms with van der Waals surface area (Å²) in [5.41, 5.74) is 4.59. The van der Waals surface area contributed by atoms with Gasteiger partial charge in [-0.2, -0.15) is 0 Å². The second-order valence-electron chi connectivity index (χ2n) is 8.65. The Balaban J connectivity index is 1.42. The predicted molar refractivity (Wildman–Crippen MR) is 146 cm³/mol. The van der Waals surface area contributed by atoms with Crippen molar-refractivity contribution in [1.82, 2.24) is 14.9 Å². The van der Waals surface area contributed by atoms with Gasteiger partial charge in [0.05, 0.1) is 0 Å². The Morgan fingerprint density at radius 2 is 1.86 bits per heavy atom. The Morgan fingerprint density at radius 3 is 2.64 bits per heavy atom. The SMILES string of the molecule is O=C(Nc1cccc(-c2nc(CCCO)[nH]c2I)c1)C(c1ccccc1)N1Cc2ccccc2C1=O. The average Bonchev–Trinajstić information content (AvgIpc) is 3.43. The van der Waals surface area contributed by atoms with Crippen molar-refractivity contribution in [1.29, 1.82) is 0 Å². The van der Waals surface area contributed by atoms with Gasteiger partial charge < -0.3 is 20.3 Å². The summed E-state index contributed by atoms with van der Waals surface area (Å²) >= 11 is 2.21. The number of nitrogens with one attached hydrogen (secondary N) is 2. The number of aliphatic hydroxyl groups excluding tert-OH is 1. The van der Waals surface area contributed by atoms with Crippen LogP contribution in [0, 0.1) is 3.70 Å². The highest BCUT2D eigenvalue weighted by Gasteiger charge is 2.37. The molecule has 1 aliphatic rings. The summed E-state index contributed by atoms with van der Waals surface area (Å²) in [6, 6.07) is 23.6. The van der Waals surface area contributed by atoms with Gasteiger partial charge in [0.15, 0.2) is 0 Å². The Morgan fingerprint density at radius 1 is 1.08 bits per heavy atom. The van der Waals surface area contributed by atoms with E-state index in [4.69, 9.17) is 5.11 Å². The van der Waals surface area contributed by atoms with Crippen LogP contribution in [0.5, 0.6) is 0 Å². The fourth-order valence-corrected chi connectivity index (χ4v) is 5.25. The van der Waals surface area contributed by atoms with Crippen LogP contribution in [0.4, 0.5) is 5.69 Å². The second kappa shape index (κ2) is 10.6. The van der Waals surface area contributed by atoms with E-state index < -0.39 is 6.04 Å². The number of amides is 2. The van der Waals surface area contributed by atoms with Crippen LogP contribution in [-0.2, 0) is 17.8 Å². The summed E-state index contributed by atoms with van der Waals surface area (Å²) in [7, 11) is 0. The maximum absolute atomic E-state index is 13.7. The van der Waals surface area contributed by atoms with E-state index in [1.807, 2.05) is 72.8 Å². The molecule has 8 heteroatoms. The van der Waals surface area contributed by atoms with E-state index in [-0.39, 0.29) is 18.4 Å². The number of carbonyl (C=O) groups excluding carboxylic acids is 2. The molecule has 1 aromatic heterocycles. The lowest BCUT2D eigenvalue weighted by atomic mass is 10.0. The smallest absolute Gasteiger partial charge is 0.255 e. The zero-order valence-electron chi connectivity index (χ0n) is 19.4. The van der Waals surface area contributed by atoms with Gasteiger partial charge in [0.2, 0.25) is 0 Å². The molecule has 4 aromatic rings. The van der Waals surface area contributed by atoms with Crippen LogP contribution >= 0.6 is 22.6 Å². The maximum atomic E-state index is 13.7. The van der Waals surface area contributed by atoms with Gasteiger partial charge >= 0.3 is 0 Å². The first-order valence-electron chi connectivity index (χ1n) is 11.8. The van der Waals surface area contributed by atoms with Gasteiger partial charge in [-0.25, -0.2) is 4.98 Å². The lowest BCUT2D eigenvalue weighted by molar-refractivity contribution is -0.120. The molecule has 2 amide bonds. The minimum Gasteiger partial charge on any atom is -0.396 e. The molecule has 5 rings (SSSR count). The normalized spacial score (nSPS) is 13.5. The van der Waals surface area contributed by atoms with Crippen molar-refractivity contribution in [2.45, 2.75) is 25.4 Å². The quantitative estimate of drug-likeness (QED) is 0.253. The van der Waals surface area contributed by atoms with Crippen LogP contribution in [-0.4, -0.2) is 38.4 Å². The summed E-state index contributed by atoms with van der Waals surface area (Å²) in [5, 5.41) is 12.1. The summed E-state index contributed by atoms with van der Waals surface area (Å²) < 4.78 is 0.895. The van der Waals surface area contributed by atoms with Gasteiger partial charge in [0.1, 0.15) is 21.3 Å². The third-order valence-electron chi connectivity index (χ3n) is 6.21. The van der Waals surface area contributed by atoms with Crippen LogP contribution in [0.15, 0.2) is 78.9 Å². The van der Waals surface area contributed by atoms with E-state index in [2.05, 4.69) is 37.9 Å². The molecule has 0 spiro atoms. The molecule has 0 bridgehead atoms. The first-order chi connectivity index (χ1) is 17.5. The third-order valence-corrected chi connectivity index (χ3v) is 6.99. The molecule has 7 nitrogen and oxygen atoms in total. The van der Waals surface area contributed by atoms with Crippen LogP contribution in [0.25, 0.3) is 11.3 Å². The molecule has 0 aliphatic carbocycles. The van der Waals surface area contributed by atoms with Gasteiger partial charge in [-0.1, -0.05) is 60.7 Å². The average molecular weight is 592 g/mol. The lowest BCUT2D eigenvalue weighted by Crippen LogP contribution is -2.37. The summed E-state index contributed by atoms with van der Waals surface area (Å²) in [6.45, 7) is 0.491. The molecule has 3 aromatic carbocycles. The minimum absolute atomic E-state index is 0.112. The molecule has 1 unspecified atom stereocenters. The summed E-state index contributed by atoms with van der Waals surface area (Å²) in [5.74, 6) is 0.388. The van der Waals surface area contributed by atoms with Crippen molar-refractivity contribution in [3.63, 3.8) is 0 Å². The molecule has 3 N–H and O–H groups in total. The Bertz CT molecular complexity index is 1400. The molecular formula is C28H25IN4O3. The Kier molecular flexibility index (Phi) is 7.15. The van der Waals surface area contributed by atoms with Gasteiger partial charge in [-0.15, -0.1) is 0 Å². The largest absolute Gasteiger partial charge is 0.396 e. The lowest BCUT2D eigenvalue weighted by Gasteiger charge is -2.27. The van der Waals surface area contributed by atoms with E-state index in [0.717, 1.165) is 31.9 Å². The molecule has 2 heterocycles. The molecular weight excluding hydrogens is 567 g/mol. The number of aryl methyl sites for hydroxylation is 1. The van der Waals surface area contributed by atoms with Crippen LogP contribution in [0.2, 0.25) is 0 Å². The highest BCUT2D eigenvalue weighted by Crippen LogP contribution is 2.33. The topological polar surface area (TPSA) is 98.3 Å². The Hall–Kier alpha value is -3.50. The number of hydrogen-bond donors (Lipinski definition) is 3. The second-order valence-corrected chi connectivity index (χ2v) is 9.73. The molecule has 182 valence electrons. The van der Waals surface area contributed by atoms with Gasteiger partial charge in [-0.05, 0) is 58.3 Å². The first kappa shape index (κ1) is 24.2. The zero-order chi connectivity index (χ0) is 25.1. The number of aromatic amines is 1. The molecule has 0 saturated carbocycles. The van der Waals surface area contributed by atoms with Gasteiger partial charge in [0, 0.05) is 36.4 Å². The maximum Gasteiger partial charge on any atom is 0.255 e. The number of benzene rings is 3. The number of imidazole rings is 1. The first-order valence-corrected chi connectivity index (χ1v) is 12.8. The minimum atomic E-state index is -0.773. The van der Waals surface area contributed by atoms with Crippen molar-refractivity contribution in [3.05, 3.63) is 105 Å². The number of anilines is 1. The number of aliphatic hydroxyl groups is 1. The number of fused-ring (bicyclic) bond motifs is 1. The molecule has 0 radical (unpaired) electrons. The summed E-state index contributed by atoms with van der Waals surface area (Å²) in [6.07, 6.45) is 1.30.